The van der Waals surface area contributed by atoms with E-state index < -0.39 is 5.91 Å². The molecule has 7 nitrogen and oxygen atoms in total. The van der Waals surface area contributed by atoms with E-state index in [1.807, 2.05) is 0 Å². The number of nitrogens with zero attached hydrogens (tertiary/aromatic N) is 1. The molecule has 0 aliphatic rings. The number of methoxy groups -OCH3 is 2. The number of carbonyl (C=O) groups excluding carboxylic acids is 1. The summed E-state index contributed by atoms with van der Waals surface area (Å²) < 4.78 is 10.4. The van der Waals surface area contributed by atoms with Crippen molar-refractivity contribution in [1.29, 1.82) is 0 Å². The van der Waals surface area contributed by atoms with Crippen molar-refractivity contribution in [3.63, 3.8) is 0 Å². The zero-order valence-corrected chi connectivity index (χ0v) is 14.5. The molecule has 0 saturated heterocycles. The van der Waals surface area contributed by atoms with Gasteiger partial charge in [0.1, 0.15) is 17.3 Å². The number of nitrogens with two attached hydrogens (primary N) is 1. The van der Waals surface area contributed by atoms with Gasteiger partial charge in [0.05, 0.1) is 30.5 Å². The van der Waals surface area contributed by atoms with Crippen molar-refractivity contribution in [3.05, 3.63) is 41.0 Å². The number of carbonyl (C=O) groups is 1. The van der Waals surface area contributed by atoms with Crippen LogP contribution in [0.5, 0.6) is 11.5 Å². The van der Waals surface area contributed by atoms with E-state index >= 15 is 0 Å². The van der Waals surface area contributed by atoms with Crippen LogP contribution in [0.2, 0.25) is 5.02 Å². The molecule has 0 unspecified atom stereocenters. The molecule has 4 N–H and O–H groups in total. The number of nitrogens with one attached hydrogen (secondary N) is 2. The molecule has 1 amide bonds. The van der Waals surface area contributed by atoms with Crippen LogP contribution in [0.15, 0.2) is 30.5 Å². The van der Waals surface area contributed by atoms with E-state index in [4.69, 9.17) is 39.0 Å². The minimum atomic E-state index is -0.549. The second-order valence-corrected chi connectivity index (χ2v) is 5.38. The molecule has 126 valence electrons. The second kappa shape index (κ2) is 7.80. The fraction of sp³-hybridized carbons (Fsp3) is 0.133. The number of pyridine rings is 1. The van der Waals surface area contributed by atoms with Crippen molar-refractivity contribution >= 4 is 46.3 Å². The fourth-order valence-electron chi connectivity index (χ4n) is 1.84. The van der Waals surface area contributed by atoms with Crippen molar-refractivity contribution in [2.45, 2.75) is 0 Å². The summed E-state index contributed by atoms with van der Waals surface area (Å²) in [6.45, 7) is 0. The van der Waals surface area contributed by atoms with E-state index in [-0.39, 0.29) is 5.11 Å². The maximum absolute atomic E-state index is 11.0. The van der Waals surface area contributed by atoms with E-state index in [2.05, 4.69) is 15.6 Å². The molecule has 0 atom stereocenters. The van der Waals surface area contributed by atoms with Crippen LogP contribution in [-0.2, 0) is 0 Å². The molecule has 0 radical (unpaired) electrons. The topological polar surface area (TPSA) is 98.5 Å². The Balaban J connectivity index is 2.12. The largest absolute Gasteiger partial charge is 0.495 e. The highest BCUT2D eigenvalue weighted by Gasteiger charge is 2.11. The summed E-state index contributed by atoms with van der Waals surface area (Å²) in [6.07, 6.45) is 1.36. The Bertz CT molecular complexity index is 768. The number of hydrogen-bond acceptors (Lipinski definition) is 5. The van der Waals surface area contributed by atoms with Crippen molar-refractivity contribution in [2.24, 2.45) is 5.73 Å². The number of rotatable bonds is 5. The predicted molar refractivity (Wildman–Crippen MR) is 97.2 cm³/mol. The van der Waals surface area contributed by atoms with Crippen molar-refractivity contribution < 1.29 is 14.3 Å². The van der Waals surface area contributed by atoms with Crippen LogP contribution >= 0.6 is 23.8 Å². The van der Waals surface area contributed by atoms with Gasteiger partial charge in [-0.1, -0.05) is 11.6 Å². The predicted octanol–water partition coefficient (Wildman–Crippen LogP) is 2.66. The van der Waals surface area contributed by atoms with Crippen LogP contribution in [-0.4, -0.2) is 30.2 Å². The Hall–Kier alpha value is -2.58. The highest BCUT2D eigenvalue weighted by Crippen LogP contribution is 2.35. The van der Waals surface area contributed by atoms with Crippen LogP contribution in [0.3, 0.4) is 0 Å². The minimum absolute atomic E-state index is 0.272. The molecular weight excluding hydrogens is 352 g/mol. The van der Waals surface area contributed by atoms with E-state index in [0.717, 1.165) is 0 Å². The maximum Gasteiger partial charge on any atom is 0.250 e. The highest BCUT2D eigenvalue weighted by atomic mass is 35.5. The van der Waals surface area contributed by atoms with E-state index in [9.17, 15) is 4.79 Å². The highest BCUT2D eigenvalue weighted by molar-refractivity contribution is 7.80. The summed E-state index contributed by atoms with van der Waals surface area (Å²) in [7, 11) is 3.04. The maximum atomic E-state index is 11.0. The number of hydrogen-bond donors (Lipinski definition) is 3. The first kappa shape index (κ1) is 17.8. The lowest BCUT2D eigenvalue weighted by Gasteiger charge is -2.15. The van der Waals surface area contributed by atoms with Crippen molar-refractivity contribution in [3.8, 4) is 11.5 Å². The number of anilines is 2. The van der Waals surface area contributed by atoms with Gasteiger partial charge < -0.3 is 25.8 Å². The number of amides is 1. The van der Waals surface area contributed by atoms with Crippen LogP contribution in [0, 0.1) is 0 Å². The Labute approximate surface area is 149 Å². The lowest BCUT2D eigenvalue weighted by atomic mass is 10.2. The molecule has 0 fully saturated rings. The molecule has 0 spiro atoms. The summed E-state index contributed by atoms with van der Waals surface area (Å²) in [5.74, 6) is 0.905. The van der Waals surface area contributed by atoms with E-state index in [1.165, 1.54) is 20.4 Å². The SMILES string of the molecule is COc1cc(OC)c(NC(=S)Nc2ccc(C(N)=O)cn2)cc1Cl. The van der Waals surface area contributed by atoms with Crippen LogP contribution in [0.1, 0.15) is 10.4 Å². The van der Waals surface area contributed by atoms with Gasteiger partial charge in [0.25, 0.3) is 0 Å². The first-order valence-corrected chi connectivity index (χ1v) is 7.48. The average molecular weight is 367 g/mol. The molecule has 0 saturated carbocycles. The third kappa shape index (κ3) is 4.24. The summed E-state index contributed by atoms with van der Waals surface area (Å²) in [5, 5.41) is 6.53. The molecule has 0 aliphatic carbocycles. The first-order chi connectivity index (χ1) is 11.4. The standard InChI is InChI=1S/C15H15ClN4O3S/c1-22-11-6-12(23-2)10(5-9(11)16)19-15(24)20-13-4-3-8(7-18-13)14(17)21/h3-7H,1-2H3,(H2,17,21)(H2,18,19,20,24). The lowest BCUT2D eigenvalue weighted by Crippen LogP contribution is -2.20. The third-order valence-electron chi connectivity index (χ3n) is 3.01. The number of primary amides is 1. The number of thiocarbonyl (C=S) groups is 1. The minimum Gasteiger partial charge on any atom is -0.495 e. The van der Waals surface area contributed by atoms with Gasteiger partial charge in [-0.3, -0.25) is 4.79 Å². The second-order valence-electron chi connectivity index (χ2n) is 4.56. The Morgan fingerprint density at radius 3 is 2.46 bits per heavy atom. The molecule has 1 heterocycles. The fourth-order valence-corrected chi connectivity index (χ4v) is 2.30. The Morgan fingerprint density at radius 1 is 1.21 bits per heavy atom. The smallest absolute Gasteiger partial charge is 0.250 e. The number of ether oxygens (including phenoxy) is 2. The molecular formula is C15H15ClN4O3S. The van der Waals surface area contributed by atoms with Crippen LogP contribution in [0.25, 0.3) is 0 Å². The van der Waals surface area contributed by atoms with E-state index in [1.54, 1.807) is 24.3 Å². The van der Waals surface area contributed by atoms with Gasteiger partial charge in [-0.2, -0.15) is 0 Å². The first-order valence-electron chi connectivity index (χ1n) is 6.70. The van der Waals surface area contributed by atoms with E-state index in [0.29, 0.717) is 33.6 Å². The summed E-state index contributed by atoms with van der Waals surface area (Å²) in [6, 6.07) is 6.42. The third-order valence-corrected chi connectivity index (χ3v) is 3.51. The van der Waals surface area contributed by atoms with Gasteiger partial charge in [0, 0.05) is 12.3 Å². The summed E-state index contributed by atoms with van der Waals surface area (Å²) in [4.78, 5) is 15.1. The van der Waals surface area contributed by atoms with Crippen LogP contribution in [0.4, 0.5) is 11.5 Å². The molecule has 9 heteroatoms. The quantitative estimate of drug-likeness (QED) is 0.699. The van der Waals surface area contributed by atoms with Crippen molar-refractivity contribution in [2.75, 3.05) is 24.9 Å². The van der Waals surface area contributed by atoms with Crippen LogP contribution < -0.4 is 25.8 Å². The number of halogens is 1. The normalized spacial score (nSPS) is 9.96. The Kier molecular flexibility index (Phi) is 5.78. The van der Waals surface area contributed by atoms with Gasteiger partial charge in [-0.25, -0.2) is 4.98 Å². The Morgan fingerprint density at radius 2 is 1.92 bits per heavy atom. The molecule has 1 aromatic carbocycles. The molecule has 24 heavy (non-hydrogen) atoms. The monoisotopic (exact) mass is 366 g/mol. The summed E-state index contributed by atoms with van der Waals surface area (Å²) in [5.41, 5.74) is 6.04. The number of benzene rings is 1. The molecule has 2 rings (SSSR count). The van der Waals surface area contributed by atoms with Gasteiger partial charge >= 0.3 is 0 Å². The average Bonchev–Trinajstić information content (AvgIpc) is 2.55. The van der Waals surface area contributed by atoms with Gasteiger partial charge in [0.15, 0.2) is 5.11 Å². The molecule has 0 aliphatic heterocycles. The summed E-state index contributed by atoms with van der Waals surface area (Å²) >= 11 is 11.3. The molecule has 0 bridgehead atoms. The zero-order valence-electron chi connectivity index (χ0n) is 12.9. The van der Waals surface area contributed by atoms with Gasteiger partial charge in [-0.05, 0) is 30.4 Å². The zero-order chi connectivity index (χ0) is 17.7. The van der Waals surface area contributed by atoms with Gasteiger partial charge in [-0.15, -0.1) is 0 Å². The van der Waals surface area contributed by atoms with Crippen molar-refractivity contribution in [1.82, 2.24) is 4.98 Å². The number of aromatic nitrogens is 1. The lowest BCUT2D eigenvalue weighted by molar-refractivity contribution is 0.1000. The molecule has 1 aromatic heterocycles. The van der Waals surface area contributed by atoms with Gasteiger partial charge in [0.2, 0.25) is 5.91 Å². The molecule has 2 aromatic rings.